The highest BCUT2D eigenvalue weighted by Gasteiger charge is 2.05. The molecule has 3 nitrogen and oxygen atoms in total. The number of carbonyl (C=O) groups is 1. The van der Waals surface area contributed by atoms with E-state index in [1.807, 2.05) is 42.5 Å². The topological polar surface area (TPSA) is 38.3 Å². The molecule has 0 fully saturated rings. The van der Waals surface area contributed by atoms with Gasteiger partial charge in [0, 0.05) is 0 Å². The van der Waals surface area contributed by atoms with E-state index in [-0.39, 0.29) is 18.3 Å². The summed E-state index contributed by atoms with van der Waals surface area (Å²) in [4.78, 5) is 12.0. The third kappa shape index (κ3) is 4.10. The maximum Gasteiger partial charge on any atom is 0.224 e. The van der Waals surface area contributed by atoms with Crippen molar-refractivity contribution in [2.24, 2.45) is 0 Å². The summed E-state index contributed by atoms with van der Waals surface area (Å²) in [6.07, 6.45) is 0.310. The van der Waals surface area contributed by atoms with E-state index in [4.69, 9.17) is 4.74 Å². The summed E-state index contributed by atoms with van der Waals surface area (Å²) in [5, 5.41) is 5.05. The van der Waals surface area contributed by atoms with Crippen LogP contribution in [0.5, 0.6) is 5.75 Å². The Labute approximate surface area is 140 Å². The van der Waals surface area contributed by atoms with Gasteiger partial charge in [-0.25, -0.2) is 4.39 Å². The summed E-state index contributed by atoms with van der Waals surface area (Å²) >= 11 is 0. The van der Waals surface area contributed by atoms with Gasteiger partial charge in [-0.15, -0.1) is 0 Å². The molecule has 0 bridgehead atoms. The first-order valence-electron chi connectivity index (χ1n) is 7.84. The number of benzene rings is 3. The van der Waals surface area contributed by atoms with Crippen LogP contribution in [0.2, 0.25) is 0 Å². The first-order valence-corrected chi connectivity index (χ1v) is 7.84. The Hall–Kier alpha value is -2.88. The van der Waals surface area contributed by atoms with Crippen LogP contribution in [0.4, 0.5) is 4.39 Å². The monoisotopic (exact) mass is 323 g/mol. The van der Waals surface area contributed by atoms with Crippen LogP contribution >= 0.6 is 0 Å². The second kappa shape index (κ2) is 7.59. The van der Waals surface area contributed by atoms with E-state index in [9.17, 15) is 9.18 Å². The molecule has 0 aromatic heterocycles. The molecular weight excluding hydrogens is 305 g/mol. The number of ether oxygens (including phenoxy) is 1. The Morgan fingerprint density at radius 1 is 0.958 bits per heavy atom. The zero-order valence-corrected chi connectivity index (χ0v) is 13.2. The molecule has 1 N–H and O–H groups in total. The van der Waals surface area contributed by atoms with Gasteiger partial charge in [-0.2, -0.15) is 0 Å². The van der Waals surface area contributed by atoms with Crippen molar-refractivity contribution in [3.63, 3.8) is 0 Å². The summed E-state index contributed by atoms with van der Waals surface area (Å²) in [6.45, 7) is 0.561. The van der Waals surface area contributed by atoms with E-state index in [0.29, 0.717) is 13.0 Å². The molecule has 24 heavy (non-hydrogen) atoms. The molecule has 3 aromatic rings. The first-order chi connectivity index (χ1) is 11.7. The van der Waals surface area contributed by atoms with E-state index in [1.165, 1.54) is 6.07 Å². The van der Waals surface area contributed by atoms with Gasteiger partial charge in [0.1, 0.15) is 6.61 Å². The number of rotatable bonds is 6. The third-order valence-electron chi connectivity index (χ3n) is 3.70. The van der Waals surface area contributed by atoms with Crippen LogP contribution in [-0.4, -0.2) is 19.1 Å². The molecule has 122 valence electrons. The number of para-hydroxylation sites is 1. The van der Waals surface area contributed by atoms with Crippen molar-refractivity contribution >= 4 is 16.7 Å². The second-order valence-corrected chi connectivity index (χ2v) is 5.49. The van der Waals surface area contributed by atoms with Gasteiger partial charge in [0.25, 0.3) is 0 Å². The molecule has 0 atom stereocenters. The molecule has 0 heterocycles. The summed E-state index contributed by atoms with van der Waals surface area (Å²) in [5.41, 5.74) is 0.959. The fourth-order valence-electron chi connectivity index (χ4n) is 2.51. The summed E-state index contributed by atoms with van der Waals surface area (Å²) in [7, 11) is 0. The van der Waals surface area contributed by atoms with Crippen molar-refractivity contribution in [3.05, 3.63) is 78.1 Å². The maximum atomic E-state index is 13.4. The zero-order valence-electron chi connectivity index (χ0n) is 13.2. The number of fused-ring (bicyclic) bond motifs is 1. The Morgan fingerprint density at radius 2 is 1.71 bits per heavy atom. The van der Waals surface area contributed by atoms with Gasteiger partial charge in [-0.1, -0.05) is 54.6 Å². The smallest absolute Gasteiger partial charge is 0.224 e. The maximum absolute atomic E-state index is 13.4. The van der Waals surface area contributed by atoms with E-state index in [0.717, 1.165) is 16.3 Å². The van der Waals surface area contributed by atoms with Crippen molar-refractivity contribution in [1.82, 2.24) is 5.32 Å². The summed E-state index contributed by atoms with van der Waals surface area (Å²) in [6, 6.07) is 20.2. The highest BCUT2D eigenvalue weighted by molar-refractivity contribution is 5.85. The van der Waals surface area contributed by atoms with E-state index in [1.54, 1.807) is 18.2 Å². The standard InChI is InChI=1S/C20H18FNO2/c21-18-7-3-4-8-19(18)24-12-11-22-20(23)14-15-9-10-16-5-1-2-6-17(16)13-15/h1-10,13H,11-12,14H2,(H,22,23). The van der Waals surface area contributed by atoms with E-state index < -0.39 is 5.82 Å². The molecule has 0 radical (unpaired) electrons. The lowest BCUT2D eigenvalue weighted by Crippen LogP contribution is -2.29. The van der Waals surface area contributed by atoms with Gasteiger partial charge in [0.2, 0.25) is 5.91 Å². The average Bonchev–Trinajstić information content (AvgIpc) is 2.60. The molecule has 0 aliphatic carbocycles. The molecule has 0 unspecified atom stereocenters. The Morgan fingerprint density at radius 3 is 2.54 bits per heavy atom. The number of amides is 1. The molecule has 3 aromatic carbocycles. The minimum atomic E-state index is -0.403. The molecule has 0 saturated heterocycles. The van der Waals surface area contributed by atoms with Crippen molar-refractivity contribution in [2.45, 2.75) is 6.42 Å². The molecule has 4 heteroatoms. The largest absolute Gasteiger partial charge is 0.489 e. The van der Waals surface area contributed by atoms with Gasteiger partial charge in [-0.05, 0) is 28.5 Å². The highest BCUT2D eigenvalue weighted by atomic mass is 19.1. The van der Waals surface area contributed by atoms with Gasteiger partial charge in [-0.3, -0.25) is 4.79 Å². The lowest BCUT2D eigenvalue weighted by Gasteiger charge is -2.09. The van der Waals surface area contributed by atoms with Crippen LogP contribution in [0.1, 0.15) is 5.56 Å². The predicted octanol–water partition coefficient (Wildman–Crippen LogP) is 3.72. The number of hydrogen-bond acceptors (Lipinski definition) is 2. The molecule has 0 aliphatic rings. The normalized spacial score (nSPS) is 10.5. The Balaban J connectivity index is 1.47. The van der Waals surface area contributed by atoms with Crippen LogP contribution in [0, 0.1) is 5.82 Å². The minimum absolute atomic E-state index is 0.0811. The zero-order chi connectivity index (χ0) is 16.8. The van der Waals surface area contributed by atoms with Crippen LogP contribution in [0.3, 0.4) is 0 Å². The van der Waals surface area contributed by atoms with Crippen LogP contribution in [0.15, 0.2) is 66.7 Å². The lowest BCUT2D eigenvalue weighted by atomic mass is 10.1. The molecule has 0 spiro atoms. The van der Waals surface area contributed by atoms with Crippen molar-refractivity contribution in [2.75, 3.05) is 13.2 Å². The van der Waals surface area contributed by atoms with E-state index in [2.05, 4.69) is 5.32 Å². The number of hydrogen-bond donors (Lipinski definition) is 1. The molecule has 0 aliphatic heterocycles. The van der Waals surface area contributed by atoms with Crippen molar-refractivity contribution in [3.8, 4) is 5.75 Å². The molecular formula is C20H18FNO2. The second-order valence-electron chi connectivity index (χ2n) is 5.49. The van der Waals surface area contributed by atoms with Crippen LogP contribution in [-0.2, 0) is 11.2 Å². The first kappa shape index (κ1) is 16.0. The summed E-state index contributed by atoms with van der Waals surface area (Å²) in [5.74, 6) is -0.288. The SMILES string of the molecule is O=C(Cc1ccc2ccccc2c1)NCCOc1ccccc1F. The molecule has 0 saturated carbocycles. The number of halogens is 1. The third-order valence-corrected chi connectivity index (χ3v) is 3.70. The molecule has 3 rings (SSSR count). The van der Waals surface area contributed by atoms with Crippen molar-refractivity contribution < 1.29 is 13.9 Å². The predicted molar refractivity (Wildman–Crippen MR) is 92.6 cm³/mol. The lowest BCUT2D eigenvalue weighted by molar-refractivity contribution is -0.120. The summed E-state index contributed by atoms with van der Waals surface area (Å²) < 4.78 is 18.7. The van der Waals surface area contributed by atoms with Crippen molar-refractivity contribution in [1.29, 1.82) is 0 Å². The van der Waals surface area contributed by atoms with Gasteiger partial charge in [0.15, 0.2) is 11.6 Å². The molecule has 1 amide bonds. The van der Waals surface area contributed by atoms with Crippen LogP contribution in [0.25, 0.3) is 10.8 Å². The Kier molecular flexibility index (Phi) is 5.06. The van der Waals surface area contributed by atoms with E-state index >= 15 is 0 Å². The number of nitrogens with one attached hydrogen (secondary N) is 1. The van der Waals surface area contributed by atoms with Gasteiger partial charge < -0.3 is 10.1 Å². The fourth-order valence-corrected chi connectivity index (χ4v) is 2.51. The number of carbonyl (C=O) groups excluding carboxylic acids is 1. The quantitative estimate of drug-likeness (QED) is 0.702. The highest BCUT2D eigenvalue weighted by Crippen LogP contribution is 2.16. The average molecular weight is 323 g/mol. The minimum Gasteiger partial charge on any atom is -0.489 e. The Bertz CT molecular complexity index is 848. The fraction of sp³-hybridized carbons (Fsp3) is 0.150. The van der Waals surface area contributed by atoms with Crippen LogP contribution < -0.4 is 10.1 Å². The van der Waals surface area contributed by atoms with Gasteiger partial charge in [0.05, 0.1) is 13.0 Å². The van der Waals surface area contributed by atoms with Gasteiger partial charge >= 0.3 is 0 Å².